The third kappa shape index (κ3) is 3.93. The highest BCUT2D eigenvalue weighted by atomic mass is 35.5. The standard InChI is InChI=1S/C18H14ClN3O6S/c1-9-11(19)6-4-8-13(9)29(27,28)22-12-7-3-2-5-10(12)16-20-14(18(25)26)15(23)17(24)21-16/h2-8,22-23H,1H3,(H,25,26)(H,20,21,24). The van der Waals surface area contributed by atoms with Crippen LogP contribution in [0.4, 0.5) is 5.69 Å². The molecular weight excluding hydrogens is 422 g/mol. The molecule has 0 spiro atoms. The van der Waals surface area contributed by atoms with Gasteiger partial charge in [-0.3, -0.25) is 9.52 Å². The highest BCUT2D eigenvalue weighted by Crippen LogP contribution is 2.29. The maximum atomic E-state index is 12.9. The van der Waals surface area contributed by atoms with Gasteiger partial charge in [0.15, 0.2) is 5.69 Å². The predicted molar refractivity (Wildman–Crippen MR) is 106 cm³/mol. The van der Waals surface area contributed by atoms with Gasteiger partial charge in [0.1, 0.15) is 5.82 Å². The van der Waals surface area contributed by atoms with Crippen molar-refractivity contribution in [1.82, 2.24) is 9.97 Å². The molecule has 0 unspecified atom stereocenters. The fourth-order valence-electron chi connectivity index (χ4n) is 2.60. The number of halogens is 1. The first-order chi connectivity index (χ1) is 13.6. The molecule has 0 aliphatic rings. The van der Waals surface area contributed by atoms with Gasteiger partial charge in [0.2, 0.25) is 5.75 Å². The molecule has 0 aliphatic carbocycles. The van der Waals surface area contributed by atoms with E-state index >= 15 is 0 Å². The summed E-state index contributed by atoms with van der Waals surface area (Å²) in [6.45, 7) is 1.56. The second-order valence-corrected chi connectivity index (χ2v) is 7.99. The molecule has 29 heavy (non-hydrogen) atoms. The summed E-state index contributed by atoms with van der Waals surface area (Å²) in [5, 5.41) is 19.0. The molecule has 0 aliphatic heterocycles. The number of aromatic carboxylic acids is 1. The van der Waals surface area contributed by atoms with Crippen molar-refractivity contribution in [2.45, 2.75) is 11.8 Å². The molecule has 0 radical (unpaired) electrons. The Morgan fingerprint density at radius 3 is 2.55 bits per heavy atom. The summed E-state index contributed by atoms with van der Waals surface area (Å²) in [6.07, 6.45) is 0. The van der Waals surface area contributed by atoms with Crippen LogP contribution in [-0.2, 0) is 10.0 Å². The largest absolute Gasteiger partial charge is 0.501 e. The topological polar surface area (TPSA) is 149 Å². The number of rotatable bonds is 5. The molecule has 0 bridgehead atoms. The van der Waals surface area contributed by atoms with E-state index < -0.39 is 33.0 Å². The molecule has 3 rings (SSSR count). The number of nitrogens with zero attached hydrogens (tertiary/aromatic N) is 1. The number of carbonyl (C=O) groups is 1. The average Bonchev–Trinajstić information content (AvgIpc) is 2.66. The van der Waals surface area contributed by atoms with Gasteiger partial charge in [0, 0.05) is 10.6 Å². The molecule has 0 atom stereocenters. The summed E-state index contributed by atoms with van der Waals surface area (Å²) in [6, 6.07) is 10.4. The van der Waals surface area contributed by atoms with Gasteiger partial charge in [-0.25, -0.2) is 18.2 Å². The Morgan fingerprint density at radius 1 is 1.17 bits per heavy atom. The van der Waals surface area contributed by atoms with Gasteiger partial charge in [-0.2, -0.15) is 0 Å². The van der Waals surface area contributed by atoms with Gasteiger partial charge in [0.25, 0.3) is 15.6 Å². The number of hydrogen-bond acceptors (Lipinski definition) is 6. The van der Waals surface area contributed by atoms with Gasteiger partial charge < -0.3 is 15.2 Å². The van der Waals surface area contributed by atoms with Crippen molar-refractivity contribution in [3.8, 4) is 17.1 Å². The van der Waals surface area contributed by atoms with E-state index in [1.54, 1.807) is 25.1 Å². The normalized spacial score (nSPS) is 11.2. The van der Waals surface area contributed by atoms with Crippen LogP contribution in [0.3, 0.4) is 0 Å². The number of aromatic nitrogens is 2. The Hall–Kier alpha value is -3.37. The smallest absolute Gasteiger partial charge is 0.358 e. The van der Waals surface area contributed by atoms with Crippen molar-refractivity contribution in [1.29, 1.82) is 0 Å². The fourth-order valence-corrected chi connectivity index (χ4v) is 4.18. The van der Waals surface area contributed by atoms with Gasteiger partial charge >= 0.3 is 5.97 Å². The lowest BCUT2D eigenvalue weighted by Crippen LogP contribution is -2.17. The lowest BCUT2D eigenvalue weighted by Gasteiger charge is -2.14. The zero-order valence-electron chi connectivity index (χ0n) is 14.8. The number of H-pyrrole nitrogens is 1. The minimum Gasteiger partial charge on any atom is -0.501 e. The summed E-state index contributed by atoms with van der Waals surface area (Å²) in [4.78, 5) is 29.0. The van der Waals surface area contributed by atoms with Crippen LogP contribution in [-0.4, -0.2) is 34.6 Å². The highest BCUT2D eigenvalue weighted by Gasteiger charge is 2.22. The molecule has 150 valence electrons. The predicted octanol–water partition coefficient (Wildman–Crippen LogP) is 2.60. The molecule has 9 nitrogen and oxygen atoms in total. The number of para-hydroxylation sites is 1. The molecule has 0 saturated heterocycles. The van der Waals surface area contributed by atoms with Crippen molar-refractivity contribution in [3.63, 3.8) is 0 Å². The molecule has 1 aromatic heterocycles. The first-order valence-corrected chi connectivity index (χ1v) is 9.92. The number of carboxylic acid groups (broad SMARTS) is 1. The summed E-state index contributed by atoms with van der Waals surface area (Å²) in [5.41, 5.74) is -1.43. The second-order valence-electron chi connectivity index (χ2n) is 5.93. The van der Waals surface area contributed by atoms with Crippen LogP contribution in [0.5, 0.6) is 5.75 Å². The van der Waals surface area contributed by atoms with Crippen molar-refractivity contribution in [2.24, 2.45) is 0 Å². The monoisotopic (exact) mass is 435 g/mol. The van der Waals surface area contributed by atoms with Crippen molar-refractivity contribution >= 4 is 33.3 Å². The van der Waals surface area contributed by atoms with E-state index in [-0.39, 0.29) is 27.0 Å². The van der Waals surface area contributed by atoms with Crippen LogP contribution in [0.2, 0.25) is 5.02 Å². The molecule has 11 heteroatoms. The third-order valence-corrected chi connectivity index (χ3v) is 5.95. The minimum atomic E-state index is -4.06. The number of sulfonamides is 1. The zero-order valence-corrected chi connectivity index (χ0v) is 16.4. The minimum absolute atomic E-state index is 0.0389. The van der Waals surface area contributed by atoms with Crippen LogP contribution >= 0.6 is 11.6 Å². The molecule has 0 fully saturated rings. The summed E-state index contributed by atoms with van der Waals surface area (Å²) >= 11 is 6.01. The van der Waals surface area contributed by atoms with Gasteiger partial charge in [-0.15, -0.1) is 0 Å². The number of benzene rings is 2. The number of carboxylic acids is 1. The average molecular weight is 436 g/mol. The van der Waals surface area contributed by atoms with Crippen molar-refractivity contribution < 1.29 is 23.4 Å². The van der Waals surface area contributed by atoms with E-state index in [0.717, 1.165) is 0 Å². The van der Waals surface area contributed by atoms with Crippen LogP contribution in [0.15, 0.2) is 52.2 Å². The first kappa shape index (κ1) is 20.4. The van der Waals surface area contributed by atoms with Crippen molar-refractivity contribution in [3.05, 3.63) is 69.1 Å². The Kier molecular flexibility index (Phi) is 5.31. The lowest BCUT2D eigenvalue weighted by molar-refractivity contribution is 0.0686. The van der Waals surface area contributed by atoms with E-state index in [1.165, 1.54) is 24.3 Å². The lowest BCUT2D eigenvalue weighted by atomic mass is 10.1. The highest BCUT2D eigenvalue weighted by molar-refractivity contribution is 7.92. The Balaban J connectivity index is 2.13. The van der Waals surface area contributed by atoms with E-state index in [2.05, 4.69) is 14.7 Å². The maximum absolute atomic E-state index is 12.9. The van der Waals surface area contributed by atoms with Gasteiger partial charge in [-0.1, -0.05) is 29.8 Å². The first-order valence-electron chi connectivity index (χ1n) is 8.05. The van der Waals surface area contributed by atoms with Crippen molar-refractivity contribution in [2.75, 3.05) is 4.72 Å². The molecule has 0 amide bonds. The zero-order chi connectivity index (χ0) is 21.3. The maximum Gasteiger partial charge on any atom is 0.358 e. The molecule has 4 N–H and O–H groups in total. The van der Waals surface area contributed by atoms with Crippen LogP contribution < -0.4 is 10.3 Å². The molecule has 2 aromatic carbocycles. The number of nitrogens with one attached hydrogen (secondary N) is 2. The quantitative estimate of drug-likeness (QED) is 0.481. The van der Waals surface area contributed by atoms with Crippen LogP contribution in [0.1, 0.15) is 16.1 Å². The summed E-state index contributed by atoms with van der Waals surface area (Å²) < 4.78 is 28.1. The number of aromatic amines is 1. The summed E-state index contributed by atoms with van der Waals surface area (Å²) in [5.74, 6) is -2.89. The number of aromatic hydroxyl groups is 1. The van der Waals surface area contributed by atoms with Crippen LogP contribution in [0, 0.1) is 6.92 Å². The number of hydrogen-bond donors (Lipinski definition) is 4. The van der Waals surface area contributed by atoms with Gasteiger partial charge in [-0.05, 0) is 36.8 Å². The Morgan fingerprint density at radius 2 is 1.86 bits per heavy atom. The van der Waals surface area contributed by atoms with E-state index in [9.17, 15) is 23.1 Å². The van der Waals surface area contributed by atoms with Gasteiger partial charge in [0.05, 0.1) is 10.6 Å². The summed E-state index contributed by atoms with van der Waals surface area (Å²) in [7, 11) is -4.06. The fraction of sp³-hybridized carbons (Fsp3) is 0.0556. The second kappa shape index (κ2) is 7.57. The Bertz CT molecular complexity index is 1290. The van der Waals surface area contributed by atoms with Crippen LogP contribution in [0.25, 0.3) is 11.4 Å². The molecular formula is C18H14ClN3O6S. The molecule has 1 heterocycles. The molecule has 3 aromatic rings. The molecule has 0 saturated carbocycles. The Labute approximate surface area is 169 Å². The third-order valence-electron chi connectivity index (χ3n) is 4.03. The van der Waals surface area contributed by atoms with E-state index in [0.29, 0.717) is 5.56 Å². The SMILES string of the molecule is Cc1c(Cl)cccc1S(=O)(=O)Nc1ccccc1-c1nc(C(=O)O)c(O)c(=O)[nH]1. The van der Waals surface area contributed by atoms with E-state index in [1.807, 2.05) is 0 Å². The number of anilines is 1. The van der Waals surface area contributed by atoms with E-state index in [4.69, 9.17) is 16.7 Å².